The van der Waals surface area contributed by atoms with Gasteiger partial charge in [0.1, 0.15) is 30.2 Å². The van der Waals surface area contributed by atoms with E-state index in [1.54, 1.807) is 21.1 Å². The number of benzene rings is 1. The van der Waals surface area contributed by atoms with Crippen molar-refractivity contribution in [3.05, 3.63) is 35.9 Å². The molecule has 1 rings (SSSR count). The summed E-state index contributed by atoms with van der Waals surface area (Å²) in [6.07, 6.45) is 0.647. The smallest absolute Gasteiger partial charge is 0.246 e. The van der Waals surface area contributed by atoms with Gasteiger partial charge in [-0.3, -0.25) is 28.8 Å². The average Bonchev–Trinajstić information content (AvgIpc) is 3.08. The van der Waals surface area contributed by atoms with Crippen molar-refractivity contribution in [3.8, 4) is 0 Å². The van der Waals surface area contributed by atoms with Crippen LogP contribution in [-0.4, -0.2) is 121 Å². The first kappa shape index (κ1) is 49.0. The summed E-state index contributed by atoms with van der Waals surface area (Å²) in [6, 6.07) is 4.74. The van der Waals surface area contributed by atoms with Crippen LogP contribution in [0.4, 0.5) is 0 Å². The number of carbonyl (C=O) groups excluding carboxylic acids is 6. The third-order valence-electron chi connectivity index (χ3n) is 10.3. The summed E-state index contributed by atoms with van der Waals surface area (Å²) in [5.41, 5.74) is 1.09. The van der Waals surface area contributed by atoms with E-state index in [9.17, 15) is 28.8 Å². The fourth-order valence-electron chi connectivity index (χ4n) is 7.16. The lowest BCUT2D eigenvalue weighted by Gasteiger charge is -2.40. The minimum Gasteiger partial charge on any atom is -0.354 e. The van der Waals surface area contributed by atoms with Crippen LogP contribution in [0, 0.1) is 35.5 Å². The van der Waals surface area contributed by atoms with Crippen LogP contribution in [0.15, 0.2) is 30.3 Å². The molecule has 1 aromatic rings. The van der Waals surface area contributed by atoms with Crippen molar-refractivity contribution in [3.63, 3.8) is 0 Å². The maximum absolute atomic E-state index is 14.4. The highest BCUT2D eigenvalue weighted by Gasteiger charge is 2.42. The summed E-state index contributed by atoms with van der Waals surface area (Å²) in [7, 11) is 6.36. The van der Waals surface area contributed by atoms with Gasteiger partial charge in [-0.1, -0.05) is 113 Å². The summed E-state index contributed by atoms with van der Waals surface area (Å²) in [5, 5.41) is 11.8. The van der Waals surface area contributed by atoms with Gasteiger partial charge in [-0.05, 0) is 54.5 Å². The van der Waals surface area contributed by atoms with E-state index in [0.29, 0.717) is 13.0 Å². The van der Waals surface area contributed by atoms with Crippen LogP contribution in [-0.2, 0) is 35.2 Å². The fourth-order valence-corrected chi connectivity index (χ4v) is 7.16. The Morgan fingerprint density at radius 1 is 0.491 bits per heavy atom. The van der Waals surface area contributed by atoms with E-state index in [-0.39, 0.29) is 47.3 Å². The SMILES string of the molecule is CNC(C(=O)NC(C(=O)N(C)C(C(=O)N(C)C(C(=O)NC(C(=O)N(C)C(C(=O)NCCc1ccccc1)C(C)C)C(C)C)C(C)C)C(C)C)C(C)C)C(C)C. The van der Waals surface area contributed by atoms with Crippen LogP contribution in [0.2, 0.25) is 0 Å². The number of hydrogen-bond acceptors (Lipinski definition) is 7. The molecule has 0 fully saturated rings. The third kappa shape index (κ3) is 13.6. The Morgan fingerprint density at radius 2 is 0.873 bits per heavy atom. The fraction of sp³-hybridized carbons (Fsp3) is 0.714. The lowest BCUT2D eigenvalue weighted by Crippen LogP contribution is -2.63. The Morgan fingerprint density at radius 3 is 1.27 bits per heavy atom. The third-order valence-corrected chi connectivity index (χ3v) is 10.3. The Kier molecular flexibility index (Phi) is 20.1. The molecule has 0 aliphatic carbocycles. The molecule has 0 saturated heterocycles. The first-order valence-corrected chi connectivity index (χ1v) is 19.9. The number of hydrogen-bond donors (Lipinski definition) is 4. The maximum atomic E-state index is 14.4. The van der Waals surface area contributed by atoms with E-state index in [2.05, 4.69) is 21.3 Å². The van der Waals surface area contributed by atoms with E-state index >= 15 is 0 Å². The molecule has 13 heteroatoms. The summed E-state index contributed by atoms with van der Waals surface area (Å²) < 4.78 is 0. The molecule has 0 spiro atoms. The highest BCUT2D eigenvalue weighted by molar-refractivity contribution is 5.97. The lowest BCUT2D eigenvalue weighted by atomic mass is 9.94. The zero-order valence-corrected chi connectivity index (χ0v) is 36.5. The van der Waals surface area contributed by atoms with E-state index in [1.807, 2.05) is 113 Å². The monoisotopic (exact) mass is 772 g/mol. The van der Waals surface area contributed by atoms with Crippen LogP contribution >= 0.6 is 0 Å². The molecule has 13 nitrogen and oxygen atoms in total. The van der Waals surface area contributed by atoms with Crippen LogP contribution in [0.5, 0.6) is 0 Å². The molecule has 1 aromatic carbocycles. The van der Waals surface area contributed by atoms with Gasteiger partial charge in [0.25, 0.3) is 0 Å². The molecule has 0 aromatic heterocycles. The van der Waals surface area contributed by atoms with Gasteiger partial charge in [0.2, 0.25) is 35.4 Å². The second-order valence-electron chi connectivity index (χ2n) is 16.9. The van der Waals surface area contributed by atoms with E-state index in [0.717, 1.165) is 5.56 Å². The Hall–Kier alpha value is -4.00. The predicted octanol–water partition coefficient (Wildman–Crippen LogP) is 3.32. The highest BCUT2D eigenvalue weighted by Crippen LogP contribution is 2.21. The van der Waals surface area contributed by atoms with E-state index in [1.165, 1.54) is 21.7 Å². The molecule has 55 heavy (non-hydrogen) atoms. The van der Waals surface area contributed by atoms with Crippen molar-refractivity contribution in [2.75, 3.05) is 34.7 Å². The topological polar surface area (TPSA) is 160 Å². The van der Waals surface area contributed by atoms with Gasteiger partial charge in [-0.15, -0.1) is 0 Å². The number of nitrogens with zero attached hydrogens (tertiary/aromatic N) is 3. The molecule has 0 heterocycles. The molecular weight excluding hydrogens is 699 g/mol. The number of amides is 6. The summed E-state index contributed by atoms with van der Waals surface area (Å²) in [4.78, 5) is 87.3. The number of carbonyl (C=O) groups is 6. The lowest BCUT2D eigenvalue weighted by molar-refractivity contribution is -0.152. The number of rotatable bonds is 21. The van der Waals surface area contributed by atoms with Gasteiger partial charge < -0.3 is 36.0 Å². The van der Waals surface area contributed by atoms with Gasteiger partial charge in [0.15, 0.2) is 0 Å². The Labute approximate surface area is 331 Å². The van der Waals surface area contributed by atoms with Crippen LogP contribution in [0.1, 0.15) is 88.6 Å². The molecule has 0 aliphatic rings. The maximum Gasteiger partial charge on any atom is 0.246 e. The van der Waals surface area contributed by atoms with Gasteiger partial charge in [-0.2, -0.15) is 0 Å². The van der Waals surface area contributed by atoms with Crippen molar-refractivity contribution >= 4 is 35.4 Å². The number of nitrogens with one attached hydrogen (secondary N) is 4. The zero-order valence-electron chi connectivity index (χ0n) is 36.5. The molecule has 6 atom stereocenters. The second kappa shape index (κ2) is 22.5. The van der Waals surface area contributed by atoms with Crippen LogP contribution < -0.4 is 21.3 Å². The van der Waals surface area contributed by atoms with Gasteiger partial charge in [-0.25, -0.2) is 0 Å². The Bertz CT molecular complexity index is 1410. The minimum absolute atomic E-state index is 0.0133. The zero-order chi connectivity index (χ0) is 42.5. The van der Waals surface area contributed by atoms with Gasteiger partial charge in [0.05, 0.1) is 6.04 Å². The normalized spacial score (nSPS) is 15.0. The van der Waals surface area contributed by atoms with Crippen molar-refractivity contribution in [1.29, 1.82) is 0 Å². The first-order chi connectivity index (χ1) is 25.5. The van der Waals surface area contributed by atoms with E-state index in [4.69, 9.17) is 0 Å². The molecule has 6 unspecified atom stereocenters. The van der Waals surface area contributed by atoms with Crippen LogP contribution in [0.25, 0.3) is 0 Å². The van der Waals surface area contributed by atoms with Crippen LogP contribution in [0.3, 0.4) is 0 Å². The highest BCUT2D eigenvalue weighted by atomic mass is 16.2. The molecule has 0 aliphatic heterocycles. The van der Waals surface area contributed by atoms with Gasteiger partial charge in [0, 0.05) is 27.7 Å². The van der Waals surface area contributed by atoms with E-state index < -0.39 is 59.9 Å². The molecule has 312 valence electrons. The molecule has 0 saturated carbocycles. The molecular formula is C42H73N7O6. The largest absolute Gasteiger partial charge is 0.354 e. The molecule has 0 radical (unpaired) electrons. The average molecular weight is 772 g/mol. The van der Waals surface area contributed by atoms with Gasteiger partial charge >= 0.3 is 0 Å². The molecule has 0 bridgehead atoms. The number of likely N-dealkylation sites (N-methyl/N-ethyl adjacent to an activating group) is 4. The summed E-state index contributed by atoms with van der Waals surface area (Å²) in [5.74, 6) is -3.90. The second-order valence-corrected chi connectivity index (χ2v) is 16.9. The molecule has 4 N–H and O–H groups in total. The standard InChI is InChI=1S/C42H73N7O6/c1-24(2)31(43-13)37(50)45-32(25(3)4)41(54)49(16)36(29(11)12)42(55)48(15)35(28(9)10)39(52)46-33(26(5)6)40(53)47(14)34(27(7)8)38(51)44-23-22-30-20-18-17-19-21-30/h17-21,24-29,31-36,43H,22-23H2,1-16H3,(H,44,51)(H,45,50)(H,46,52). The van der Waals surface area contributed by atoms with Crippen molar-refractivity contribution in [1.82, 2.24) is 36.0 Å². The summed E-state index contributed by atoms with van der Waals surface area (Å²) >= 11 is 0. The quantitative estimate of drug-likeness (QED) is 0.149. The Balaban J connectivity index is 3.29. The first-order valence-electron chi connectivity index (χ1n) is 19.9. The van der Waals surface area contributed by atoms with Crippen molar-refractivity contribution < 1.29 is 28.8 Å². The predicted molar refractivity (Wildman–Crippen MR) is 219 cm³/mol. The minimum atomic E-state index is -0.984. The summed E-state index contributed by atoms with van der Waals surface area (Å²) in [6.45, 7) is 22.6. The molecule has 6 amide bonds. The van der Waals surface area contributed by atoms with Crippen molar-refractivity contribution in [2.24, 2.45) is 35.5 Å². The van der Waals surface area contributed by atoms with Crippen molar-refractivity contribution in [2.45, 2.75) is 126 Å².